The molecule has 5 aromatic carbocycles. The molecule has 0 aliphatic rings. The van der Waals surface area contributed by atoms with Crippen LogP contribution in [0.1, 0.15) is 40.7 Å². The van der Waals surface area contributed by atoms with E-state index < -0.39 is 17.2 Å². The zero-order chi connectivity index (χ0) is 27.2. The van der Waals surface area contributed by atoms with Crippen LogP contribution in [0.5, 0.6) is 0 Å². The molecule has 39 heavy (non-hydrogen) atoms. The molecule has 5 rings (SSSR count). The molecule has 0 amide bonds. The van der Waals surface area contributed by atoms with Gasteiger partial charge < -0.3 is 0 Å². The van der Waals surface area contributed by atoms with Gasteiger partial charge in [-0.05, 0) is 69.0 Å². The Morgan fingerprint density at radius 3 is 1.59 bits per heavy atom. The zero-order valence-corrected chi connectivity index (χ0v) is 21.6. The number of halogens is 2. The first-order valence-electron chi connectivity index (χ1n) is 12.9. The first-order chi connectivity index (χ1) is 19.0. The minimum Gasteiger partial charge on any atom is -0.205 e. The fraction of sp³-hybridized carbons (Fsp3) is 0.0833. The molecule has 0 aliphatic carbocycles. The van der Waals surface area contributed by atoms with Gasteiger partial charge in [-0.2, -0.15) is 5.26 Å². The van der Waals surface area contributed by atoms with Crippen molar-refractivity contribution in [3.63, 3.8) is 0 Å². The van der Waals surface area contributed by atoms with Gasteiger partial charge in [0.05, 0.1) is 0 Å². The number of hydrogen-bond donors (Lipinski definition) is 0. The van der Waals surface area contributed by atoms with Gasteiger partial charge in [0.25, 0.3) is 0 Å². The summed E-state index contributed by atoms with van der Waals surface area (Å²) in [7, 11) is 0. The fourth-order valence-corrected chi connectivity index (χ4v) is 4.70. The van der Waals surface area contributed by atoms with Crippen LogP contribution in [0.3, 0.4) is 0 Å². The van der Waals surface area contributed by atoms with Gasteiger partial charge in [0, 0.05) is 0 Å². The molecular formula is C36H27F2N. The van der Waals surface area contributed by atoms with Gasteiger partial charge in [-0.15, -0.1) is 0 Å². The van der Waals surface area contributed by atoms with Crippen molar-refractivity contribution in [2.24, 2.45) is 0 Å². The van der Waals surface area contributed by atoms with Crippen LogP contribution in [0.4, 0.5) is 8.78 Å². The predicted octanol–water partition coefficient (Wildman–Crippen LogP) is 9.69. The van der Waals surface area contributed by atoms with E-state index in [1.54, 1.807) is 6.07 Å². The van der Waals surface area contributed by atoms with Crippen molar-refractivity contribution in [2.45, 2.75) is 19.3 Å². The third-order valence-corrected chi connectivity index (χ3v) is 6.97. The summed E-state index contributed by atoms with van der Waals surface area (Å²) in [6.45, 7) is 2.27. The summed E-state index contributed by atoms with van der Waals surface area (Å²) in [5.74, 6) is -1.23. The summed E-state index contributed by atoms with van der Waals surface area (Å²) >= 11 is 0. The number of nitriles is 1. The highest BCUT2D eigenvalue weighted by Gasteiger charge is 2.11. The van der Waals surface area contributed by atoms with Gasteiger partial charge in [-0.25, -0.2) is 8.78 Å². The Hall–Kier alpha value is -4.81. The second kappa shape index (κ2) is 11.7. The van der Waals surface area contributed by atoms with E-state index in [4.69, 9.17) is 5.26 Å². The van der Waals surface area contributed by atoms with Crippen molar-refractivity contribution in [3.8, 4) is 28.3 Å². The van der Waals surface area contributed by atoms with Crippen molar-refractivity contribution in [2.75, 3.05) is 0 Å². The molecule has 3 heteroatoms. The molecule has 0 unspecified atom stereocenters. The summed E-state index contributed by atoms with van der Waals surface area (Å²) in [4.78, 5) is 0. The van der Waals surface area contributed by atoms with Crippen LogP contribution in [0, 0.1) is 23.0 Å². The highest BCUT2D eigenvalue weighted by atomic mass is 19.1. The predicted molar refractivity (Wildman–Crippen MR) is 156 cm³/mol. The normalized spacial score (nSPS) is 11.8. The highest BCUT2D eigenvalue weighted by molar-refractivity contribution is 5.74. The van der Waals surface area contributed by atoms with Gasteiger partial charge in [0.2, 0.25) is 0 Å². The molecule has 190 valence electrons. The van der Waals surface area contributed by atoms with Crippen molar-refractivity contribution in [1.29, 1.82) is 5.26 Å². The number of hydrogen-bond acceptors (Lipinski definition) is 1. The van der Waals surface area contributed by atoms with Crippen LogP contribution in [0.2, 0.25) is 0 Å². The molecule has 0 fully saturated rings. The Morgan fingerprint density at radius 1 is 0.641 bits per heavy atom. The topological polar surface area (TPSA) is 23.8 Å². The van der Waals surface area contributed by atoms with Crippen LogP contribution in [-0.2, 0) is 6.42 Å². The smallest absolute Gasteiger partial charge is 0.144 e. The van der Waals surface area contributed by atoms with E-state index in [1.165, 1.54) is 34.4 Å². The van der Waals surface area contributed by atoms with Gasteiger partial charge in [-0.1, -0.05) is 122 Å². The third-order valence-electron chi connectivity index (χ3n) is 6.97. The molecule has 0 heterocycles. The van der Waals surface area contributed by atoms with E-state index in [1.807, 2.05) is 36.4 Å². The lowest BCUT2D eigenvalue weighted by atomic mass is 9.93. The summed E-state index contributed by atoms with van der Waals surface area (Å²) < 4.78 is 27.9. The molecule has 0 aromatic heterocycles. The van der Waals surface area contributed by atoms with Crippen LogP contribution in [0.25, 0.3) is 34.4 Å². The lowest BCUT2D eigenvalue weighted by molar-refractivity contribution is 0.577. The van der Waals surface area contributed by atoms with Gasteiger partial charge in [-0.3, -0.25) is 0 Å². The zero-order valence-electron chi connectivity index (χ0n) is 21.6. The van der Waals surface area contributed by atoms with Crippen molar-refractivity contribution in [1.82, 2.24) is 0 Å². The summed E-state index contributed by atoms with van der Waals surface area (Å²) in [5.41, 5.74) is 7.61. The first-order valence-corrected chi connectivity index (χ1v) is 12.9. The Morgan fingerprint density at radius 2 is 1.10 bits per heavy atom. The standard InChI is InChI=1S/C36H27F2N/c1-25(29-5-3-2-4-6-29)21-28-13-19-31(20-14-28)30-15-9-26(10-16-30)7-8-27-11-17-32(18-12-27)33-22-35(37)34(24-39)36(38)23-33/h2-20,22-23,25H,21H2,1H3/t25-/m0/s1. The van der Waals surface area contributed by atoms with Crippen molar-refractivity contribution in [3.05, 3.63) is 155 Å². The minimum absolute atomic E-state index is 0.397. The quantitative estimate of drug-likeness (QED) is 0.200. The fourth-order valence-electron chi connectivity index (χ4n) is 4.70. The van der Waals surface area contributed by atoms with Crippen LogP contribution in [0.15, 0.2) is 115 Å². The summed E-state index contributed by atoms with van der Waals surface area (Å²) in [5, 5.41) is 8.85. The average molecular weight is 512 g/mol. The molecule has 1 nitrogen and oxygen atoms in total. The highest BCUT2D eigenvalue weighted by Crippen LogP contribution is 2.26. The molecule has 0 saturated carbocycles. The Labute approximate surface area is 228 Å². The van der Waals surface area contributed by atoms with E-state index in [2.05, 4.69) is 85.8 Å². The van der Waals surface area contributed by atoms with Crippen LogP contribution >= 0.6 is 0 Å². The Balaban J connectivity index is 1.22. The van der Waals surface area contributed by atoms with Crippen molar-refractivity contribution < 1.29 is 8.78 Å². The van der Waals surface area contributed by atoms with E-state index >= 15 is 0 Å². The van der Waals surface area contributed by atoms with E-state index in [9.17, 15) is 8.78 Å². The average Bonchev–Trinajstić information content (AvgIpc) is 2.97. The van der Waals surface area contributed by atoms with Crippen molar-refractivity contribution >= 4 is 12.2 Å². The maximum atomic E-state index is 14.0. The van der Waals surface area contributed by atoms with Gasteiger partial charge in [0.15, 0.2) is 0 Å². The Bertz CT molecular complexity index is 1600. The van der Waals surface area contributed by atoms with Gasteiger partial charge >= 0.3 is 0 Å². The van der Waals surface area contributed by atoms with Crippen LogP contribution < -0.4 is 0 Å². The van der Waals surface area contributed by atoms with Crippen LogP contribution in [-0.4, -0.2) is 0 Å². The largest absolute Gasteiger partial charge is 0.205 e. The molecule has 0 aliphatic heterocycles. The second-order valence-corrected chi connectivity index (χ2v) is 9.72. The molecule has 1 atom stereocenters. The molecule has 0 bridgehead atoms. The SMILES string of the molecule is C[C@@H](Cc1ccc(-c2ccc(C=Cc3ccc(-c4cc(F)c(C#N)c(F)c4)cc3)cc2)cc1)c1ccccc1. The van der Waals surface area contributed by atoms with E-state index in [0.29, 0.717) is 17.0 Å². The third kappa shape index (κ3) is 6.20. The number of rotatable bonds is 7. The number of benzene rings is 5. The van der Waals surface area contributed by atoms with Gasteiger partial charge in [0.1, 0.15) is 23.3 Å². The number of nitrogens with zero attached hydrogens (tertiary/aromatic N) is 1. The Kier molecular flexibility index (Phi) is 7.75. The second-order valence-electron chi connectivity index (χ2n) is 9.72. The maximum Gasteiger partial charge on any atom is 0.144 e. The summed E-state index contributed by atoms with van der Waals surface area (Å²) in [6, 6.07) is 39.2. The minimum atomic E-state index is -0.853. The molecule has 5 aromatic rings. The van der Waals surface area contributed by atoms with E-state index in [-0.39, 0.29) is 0 Å². The molecule has 0 N–H and O–H groups in total. The molecule has 0 radical (unpaired) electrons. The lowest BCUT2D eigenvalue weighted by Gasteiger charge is -2.12. The maximum absolute atomic E-state index is 14.0. The summed E-state index contributed by atoms with van der Waals surface area (Å²) in [6.07, 6.45) is 5.05. The monoisotopic (exact) mass is 511 g/mol. The first kappa shape index (κ1) is 25.8. The molecule has 0 saturated heterocycles. The lowest BCUT2D eigenvalue weighted by Crippen LogP contribution is -1.98. The molecule has 0 spiro atoms. The van der Waals surface area contributed by atoms with E-state index in [0.717, 1.165) is 17.5 Å². The molecular weight excluding hydrogens is 484 g/mol.